The van der Waals surface area contributed by atoms with Gasteiger partial charge in [0.15, 0.2) is 0 Å². The molecule has 1 aliphatic heterocycles. The number of piperazine rings is 1. The highest BCUT2D eigenvalue weighted by Crippen LogP contribution is 2.35. The summed E-state index contributed by atoms with van der Waals surface area (Å²) < 4.78 is 58.7. The van der Waals surface area contributed by atoms with Gasteiger partial charge >= 0.3 is 18.2 Å². The molecule has 34 heavy (non-hydrogen) atoms. The van der Waals surface area contributed by atoms with Crippen molar-refractivity contribution >= 4 is 11.5 Å². The van der Waals surface area contributed by atoms with E-state index in [2.05, 4.69) is 15.0 Å². The van der Waals surface area contributed by atoms with Crippen LogP contribution >= 0.6 is 0 Å². The molecule has 1 aliphatic rings. The van der Waals surface area contributed by atoms with E-state index >= 15 is 0 Å². The number of hydrogen-bond donors (Lipinski definition) is 1. The van der Waals surface area contributed by atoms with Gasteiger partial charge in [0.1, 0.15) is 11.6 Å². The first-order valence-corrected chi connectivity index (χ1v) is 10.9. The Kier molecular flexibility index (Phi) is 7.90. The summed E-state index contributed by atoms with van der Waals surface area (Å²) in [6, 6.07) is 5.94. The van der Waals surface area contributed by atoms with E-state index in [1.807, 2.05) is 4.90 Å². The third-order valence-corrected chi connectivity index (χ3v) is 5.91. The molecule has 0 bridgehead atoms. The van der Waals surface area contributed by atoms with E-state index in [-0.39, 0.29) is 11.3 Å². The van der Waals surface area contributed by atoms with Crippen molar-refractivity contribution in [1.29, 1.82) is 0 Å². The molecule has 0 atom stereocenters. The quantitative estimate of drug-likeness (QED) is 0.432. The number of anilines is 2. The normalized spacial score (nSPS) is 15.1. The summed E-state index contributed by atoms with van der Waals surface area (Å²) in [4.78, 5) is 28.3. The smallest absolute Gasteiger partial charge is 0.426 e. The SMILES string of the molecule is Cc1c(NCCCN2CCN(c3ccccc3OC(F)(F)C(F)F)CC2)n(C)c(=O)n(C)c1=O. The van der Waals surface area contributed by atoms with Crippen LogP contribution in [-0.2, 0) is 14.1 Å². The van der Waals surface area contributed by atoms with E-state index in [4.69, 9.17) is 0 Å². The van der Waals surface area contributed by atoms with Crippen LogP contribution in [0, 0.1) is 6.92 Å². The molecule has 1 saturated heterocycles. The second kappa shape index (κ2) is 10.5. The lowest BCUT2D eigenvalue weighted by atomic mass is 10.2. The number of halogens is 4. The lowest BCUT2D eigenvalue weighted by Crippen LogP contribution is -2.47. The van der Waals surface area contributed by atoms with Crippen LogP contribution in [0.2, 0.25) is 0 Å². The monoisotopic (exact) mass is 487 g/mol. The Bertz CT molecular complexity index is 1070. The van der Waals surface area contributed by atoms with Gasteiger partial charge in [-0.15, -0.1) is 0 Å². The molecule has 1 aromatic heterocycles. The van der Waals surface area contributed by atoms with Crippen LogP contribution in [0.4, 0.5) is 29.1 Å². The summed E-state index contributed by atoms with van der Waals surface area (Å²) in [6.45, 7) is 5.34. The number of benzene rings is 1. The summed E-state index contributed by atoms with van der Waals surface area (Å²) in [5.74, 6) is 0.218. The Hall–Kier alpha value is -3.02. The molecule has 12 heteroatoms. The van der Waals surface area contributed by atoms with Crippen molar-refractivity contribution in [1.82, 2.24) is 14.0 Å². The van der Waals surface area contributed by atoms with Gasteiger partial charge in [-0.05, 0) is 32.0 Å². The highest BCUT2D eigenvalue weighted by molar-refractivity contribution is 5.58. The van der Waals surface area contributed by atoms with Crippen LogP contribution in [0.1, 0.15) is 12.0 Å². The largest absolute Gasteiger partial charge is 0.461 e. The first-order valence-electron chi connectivity index (χ1n) is 10.9. The van der Waals surface area contributed by atoms with Crippen molar-refractivity contribution in [2.24, 2.45) is 14.1 Å². The van der Waals surface area contributed by atoms with Crippen LogP contribution in [0.25, 0.3) is 0 Å². The van der Waals surface area contributed by atoms with E-state index < -0.39 is 18.2 Å². The maximum absolute atomic E-state index is 13.4. The molecule has 0 radical (unpaired) electrons. The van der Waals surface area contributed by atoms with Crippen molar-refractivity contribution in [3.63, 3.8) is 0 Å². The van der Waals surface area contributed by atoms with Gasteiger partial charge in [-0.3, -0.25) is 18.8 Å². The van der Waals surface area contributed by atoms with Gasteiger partial charge in [-0.25, -0.2) is 4.79 Å². The maximum atomic E-state index is 13.4. The molecule has 0 saturated carbocycles. The first-order chi connectivity index (χ1) is 16.0. The van der Waals surface area contributed by atoms with Gasteiger partial charge < -0.3 is 15.0 Å². The maximum Gasteiger partial charge on any atom is 0.461 e. The number of alkyl halides is 4. The number of aromatic nitrogens is 2. The van der Waals surface area contributed by atoms with Gasteiger partial charge in [0, 0.05) is 46.8 Å². The summed E-state index contributed by atoms with van der Waals surface area (Å²) in [6.07, 6.45) is -7.73. The Balaban J connectivity index is 1.52. The molecule has 0 amide bonds. The first kappa shape index (κ1) is 25.6. The van der Waals surface area contributed by atoms with Crippen LogP contribution in [0.5, 0.6) is 5.75 Å². The van der Waals surface area contributed by atoms with Gasteiger partial charge in [0.25, 0.3) is 5.56 Å². The van der Waals surface area contributed by atoms with Crippen molar-refractivity contribution in [2.45, 2.75) is 25.9 Å². The molecule has 188 valence electrons. The lowest BCUT2D eigenvalue weighted by molar-refractivity contribution is -0.253. The second-order valence-electron chi connectivity index (χ2n) is 8.22. The number of nitrogens with zero attached hydrogens (tertiary/aromatic N) is 4. The van der Waals surface area contributed by atoms with Gasteiger partial charge in [-0.1, -0.05) is 12.1 Å². The molecular formula is C22H29F4N5O3. The summed E-state index contributed by atoms with van der Waals surface area (Å²) >= 11 is 0. The van der Waals surface area contributed by atoms with Crippen molar-refractivity contribution in [2.75, 3.05) is 49.5 Å². The van der Waals surface area contributed by atoms with Crippen LogP contribution in [0.15, 0.2) is 33.9 Å². The minimum Gasteiger partial charge on any atom is -0.426 e. The van der Waals surface area contributed by atoms with Gasteiger partial charge in [-0.2, -0.15) is 17.6 Å². The van der Waals surface area contributed by atoms with E-state index in [0.29, 0.717) is 49.8 Å². The Morgan fingerprint density at radius 2 is 1.71 bits per heavy atom. The summed E-state index contributed by atoms with van der Waals surface area (Å²) in [7, 11) is 3.05. The average molecular weight is 487 g/mol. The van der Waals surface area contributed by atoms with E-state index in [0.717, 1.165) is 17.5 Å². The van der Waals surface area contributed by atoms with Crippen molar-refractivity contribution in [3.8, 4) is 5.75 Å². The molecule has 1 aromatic carbocycles. The minimum absolute atomic E-state index is 0.277. The Morgan fingerprint density at radius 3 is 2.35 bits per heavy atom. The number of para-hydroxylation sites is 2. The third kappa shape index (κ3) is 5.54. The van der Waals surface area contributed by atoms with Crippen LogP contribution < -0.4 is 26.2 Å². The van der Waals surface area contributed by atoms with Crippen molar-refractivity contribution in [3.05, 3.63) is 50.7 Å². The topological polar surface area (TPSA) is 71.7 Å². The zero-order valence-electron chi connectivity index (χ0n) is 19.4. The van der Waals surface area contributed by atoms with Crippen LogP contribution in [0.3, 0.4) is 0 Å². The molecule has 1 N–H and O–H groups in total. The summed E-state index contributed by atoms with van der Waals surface area (Å²) in [5.41, 5.74) is 0.0878. The molecule has 2 aromatic rings. The summed E-state index contributed by atoms with van der Waals surface area (Å²) in [5, 5.41) is 3.17. The highest BCUT2D eigenvalue weighted by Gasteiger charge is 2.44. The average Bonchev–Trinajstić information content (AvgIpc) is 2.81. The Morgan fingerprint density at radius 1 is 1.06 bits per heavy atom. The highest BCUT2D eigenvalue weighted by atomic mass is 19.3. The lowest BCUT2D eigenvalue weighted by Gasteiger charge is -2.37. The number of rotatable bonds is 9. The number of ether oxygens (including phenoxy) is 1. The molecule has 0 unspecified atom stereocenters. The minimum atomic E-state index is -4.56. The van der Waals surface area contributed by atoms with E-state index in [1.165, 1.54) is 23.7 Å². The second-order valence-corrected chi connectivity index (χ2v) is 8.22. The fourth-order valence-corrected chi connectivity index (χ4v) is 3.98. The molecule has 2 heterocycles. The van der Waals surface area contributed by atoms with Crippen molar-refractivity contribution < 1.29 is 22.3 Å². The molecular weight excluding hydrogens is 458 g/mol. The predicted octanol–water partition coefficient (Wildman–Crippen LogP) is 2.25. The molecule has 3 rings (SSSR count). The van der Waals surface area contributed by atoms with E-state index in [9.17, 15) is 27.2 Å². The zero-order chi connectivity index (χ0) is 25.0. The Labute approximate surface area is 194 Å². The number of hydrogen-bond acceptors (Lipinski definition) is 6. The fourth-order valence-electron chi connectivity index (χ4n) is 3.98. The van der Waals surface area contributed by atoms with Gasteiger partial charge in [0.05, 0.1) is 11.3 Å². The molecule has 8 nitrogen and oxygen atoms in total. The molecule has 0 aliphatic carbocycles. The fraction of sp³-hybridized carbons (Fsp3) is 0.545. The zero-order valence-corrected chi connectivity index (χ0v) is 19.4. The number of nitrogens with one attached hydrogen (secondary N) is 1. The molecule has 1 fully saturated rings. The third-order valence-electron chi connectivity index (χ3n) is 5.91. The van der Waals surface area contributed by atoms with Crippen LogP contribution in [-0.4, -0.2) is 65.8 Å². The predicted molar refractivity (Wildman–Crippen MR) is 121 cm³/mol. The standard InChI is InChI=1S/C22H29F4N5O3/c1-15-18(28(2)21(33)29(3)19(15)32)27-9-6-10-30-11-13-31(14-12-30)16-7-4-5-8-17(16)34-22(25,26)20(23)24/h4-5,7-8,20,27H,6,9-14H2,1-3H3. The van der Waals surface area contributed by atoms with Gasteiger partial charge in [0.2, 0.25) is 0 Å². The molecule has 0 spiro atoms. The van der Waals surface area contributed by atoms with E-state index in [1.54, 1.807) is 26.1 Å².